The van der Waals surface area contributed by atoms with Gasteiger partial charge in [-0.15, -0.1) is 11.8 Å². The number of halogens is 1. The summed E-state index contributed by atoms with van der Waals surface area (Å²) in [4.78, 5) is 17.2. The number of carbonyl (C=O) groups is 1. The molecule has 1 aliphatic heterocycles. The third-order valence-electron chi connectivity index (χ3n) is 5.19. The Kier molecular flexibility index (Phi) is 5.80. The molecule has 34 heavy (non-hydrogen) atoms. The number of amides is 1. The molecule has 0 saturated carbocycles. The van der Waals surface area contributed by atoms with Crippen LogP contribution in [0.3, 0.4) is 0 Å². The molecule has 5 rings (SSSR count). The molecule has 2 aromatic carbocycles. The van der Waals surface area contributed by atoms with Gasteiger partial charge in [-0.1, -0.05) is 22.8 Å². The van der Waals surface area contributed by atoms with E-state index in [-0.39, 0.29) is 31.0 Å². The van der Waals surface area contributed by atoms with E-state index >= 15 is 0 Å². The molecule has 10 nitrogen and oxygen atoms in total. The Morgan fingerprint density at radius 2 is 2.06 bits per heavy atom. The van der Waals surface area contributed by atoms with Gasteiger partial charge in [0.1, 0.15) is 23.0 Å². The van der Waals surface area contributed by atoms with Crippen LogP contribution in [0.25, 0.3) is 22.8 Å². The number of carbonyl (C=O) groups excluding carboxylic acids is 1. The van der Waals surface area contributed by atoms with E-state index < -0.39 is 0 Å². The predicted molar refractivity (Wildman–Crippen MR) is 128 cm³/mol. The number of hydrogen-bond donors (Lipinski definition) is 2. The summed E-state index contributed by atoms with van der Waals surface area (Å²) in [5.41, 5.74) is 9.03. The lowest BCUT2D eigenvalue weighted by Gasteiger charge is -2.09. The second kappa shape index (κ2) is 8.92. The predicted octanol–water partition coefficient (Wildman–Crippen LogP) is 4.23. The van der Waals surface area contributed by atoms with Crippen LogP contribution in [-0.4, -0.2) is 38.9 Å². The Bertz CT molecular complexity index is 1400. The highest BCUT2D eigenvalue weighted by Crippen LogP contribution is 2.37. The van der Waals surface area contributed by atoms with Crippen LogP contribution >= 0.6 is 23.4 Å². The van der Waals surface area contributed by atoms with Gasteiger partial charge in [0.2, 0.25) is 18.5 Å². The molecular formula is C22H19ClN6O4S. The molecule has 3 heterocycles. The molecule has 0 unspecified atom stereocenters. The highest BCUT2D eigenvalue weighted by atomic mass is 35.5. The van der Waals surface area contributed by atoms with Gasteiger partial charge < -0.3 is 25.0 Å². The minimum Gasteiger partial charge on any atom is -0.454 e. The van der Waals surface area contributed by atoms with Crippen molar-refractivity contribution in [1.29, 1.82) is 0 Å². The fourth-order valence-corrected chi connectivity index (χ4v) is 4.20. The zero-order chi connectivity index (χ0) is 23.8. The van der Waals surface area contributed by atoms with Gasteiger partial charge in [-0.2, -0.15) is 10.1 Å². The Morgan fingerprint density at radius 3 is 2.88 bits per heavy atom. The molecule has 174 valence electrons. The molecule has 0 bridgehead atoms. The van der Waals surface area contributed by atoms with Crippen LogP contribution in [0.5, 0.6) is 11.5 Å². The Hall–Kier alpha value is -3.70. The number of benzene rings is 2. The topological polar surface area (TPSA) is 130 Å². The largest absolute Gasteiger partial charge is 0.454 e. The summed E-state index contributed by atoms with van der Waals surface area (Å²) in [6, 6.07) is 10.7. The second-order valence-electron chi connectivity index (χ2n) is 7.43. The highest BCUT2D eigenvalue weighted by molar-refractivity contribution is 7.98. The van der Waals surface area contributed by atoms with Crippen LogP contribution in [0.4, 0.5) is 11.5 Å². The standard InChI is InChI=1S/C22H19ClN6O4S/c1-11-3-5-13(23)8-14(11)25-17(30)9-29-19(24)18(22(27-29)34-2)21-26-20(28-33-21)12-4-6-15-16(7-12)32-10-31-15/h3-8H,9-10,24H2,1-2H3,(H,25,30). The first-order chi connectivity index (χ1) is 16.4. The Morgan fingerprint density at radius 1 is 1.24 bits per heavy atom. The fourth-order valence-electron chi connectivity index (χ4n) is 3.45. The first kappa shape index (κ1) is 22.1. The molecule has 12 heteroatoms. The zero-order valence-electron chi connectivity index (χ0n) is 18.2. The van der Waals surface area contributed by atoms with E-state index in [4.69, 9.17) is 31.3 Å². The molecule has 3 N–H and O–H groups in total. The SMILES string of the molecule is CSc1nn(CC(=O)Nc2cc(Cl)ccc2C)c(N)c1-c1nc(-c2ccc3c(c2)OCO3)no1. The smallest absolute Gasteiger partial charge is 0.264 e. The van der Waals surface area contributed by atoms with Crippen molar-refractivity contribution in [3.05, 3.63) is 47.0 Å². The molecule has 4 aromatic rings. The maximum absolute atomic E-state index is 12.7. The van der Waals surface area contributed by atoms with E-state index in [1.807, 2.05) is 25.3 Å². The summed E-state index contributed by atoms with van der Waals surface area (Å²) in [6.45, 7) is 1.95. The van der Waals surface area contributed by atoms with Crippen molar-refractivity contribution < 1.29 is 18.8 Å². The van der Waals surface area contributed by atoms with E-state index in [1.165, 1.54) is 16.4 Å². The third kappa shape index (κ3) is 4.15. The van der Waals surface area contributed by atoms with Gasteiger partial charge in [0, 0.05) is 16.3 Å². The quantitative estimate of drug-likeness (QED) is 0.375. The van der Waals surface area contributed by atoms with Crippen molar-refractivity contribution in [2.24, 2.45) is 0 Å². The number of rotatable bonds is 6. The van der Waals surface area contributed by atoms with Gasteiger partial charge in [-0.05, 0) is 49.1 Å². The van der Waals surface area contributed by atoms with E-state index in [9.17, 15) is 4.79 Å². The average molecular weight is 499 g/mol. The number of aryl methyl sites for hydroxylation is 1. The monoisotopic (exact) mass is 498 g/mol. The number of nitrogens with one attached hydrogen (secondary N) is 1. The first-order valence-electron chi connectivity index (χ1n) is 10.1. The maximum atomic E-state index is 12.7. The lowest BCUT2D eigenvalue weighted by molar-refractivity contribution is -0.116. The summed E-state index contributed by atoms with van der Waals surface area (Å²) in [5.74, 6) is 1.78. The summed E-state index contributed by atoms with van der Waals surface area (Å²) < 4.78 is 17.7. The highest BCUT2D eigenvalue weighted by Gasteiger charge is 2.24. The van der Waals surface area contributed by atoms with Crippen LogP contribution in [-0.2, 0) is 11.3 Å². The molecule has 0 atom stereocenters. The number of fused-ring (bicyclic) bond motifs is 1. The van der Waals surface area contributed by atoms with Gasteiger partial charge in [0.25, 0.3) is 5.89 Å². The lowest BCUT2D eigenvalue weighted by Crippen LogP contribution is -2.21. The molecule has 0 saturated heterocycles. The van der Waals surface area contributed by atoms with E-state index in [0.717, 1.165) is 5.56 Å². The molecule has 0 fully saturated rings. The van der Waals surface area contributed by atoms with E-state index in [2.05, 4.69) is 20.6 Å². The van der Waals surface area contributed by atoms with Gasteiger partial charge in [0.15, 0.2) is 11.5 Å². The summed E-state index contributed by atoms with van der Waals surface area (Å²) in [5, 5.41) is 12.5. The number of hydrogen-bond acceptors (Lipinski definition) is 9. The van der Waals surface area contributed by atoms with E-state index in [0.29, 0.717) is 44.2 Å². The van der Waals surface area contributed by atoms with Gasteiger partial charge in [0.05, 0.1) is 0 Å². The van der Waals surface area contributed by atoms with Crippen LogP contribution < -0.4 is 20.5 Å². The Balaban J connectivity index is 1.40. The van der Waals surface area contributed by atoms with Gasteiger partial charge in [-0.25, -0.2) is 4.68 Å². The zero-order valence-corrected chi connectivity index (χ0v) is 19.7. The minimum atomic E-state index is -0.301. The number of aromatic nitrogens is 4. The summed E-state index contributed by atoms with van der Waals surface area (Å²) in [6.07, 6.45) is 1.85. The molecule has 0 radical (unpaired) electrons. The Labute approximate surface area is 203 Å². The van der Waals surface area contributed by atoms with Gasteiger partial charge in [-0.3, -0.25) is 4.79 Å². The van der Waals surface area contributed by atoms with Crippen LogP contribution in [0, 0.1) is 6.92 Å². The summed E-state index contributed by atoms with van der Waals surface area (Å²) >= 11 is 7.40. The fraction of sp³-hybridized carbons (Fsp3) is 0.182. The van der Waals surface area contributed by atoms with Crippen molar-refractivity contribution in [2.75, 3.05) is 24.1 Å². The number of nitrogens with two attached hydrogens (primary N) is 1. The lowest BCUT2D eigenvalue weighted by atomic mass is 10.2. The molecule has 2 aromatic heterocycles. The van der Waals surface area contributed by atoms with Crippen LogP contribution in [0.2, 0.25) is 5.02 Å². The number of nitrogens with zero attached hydrogens (tertiary/aromatic N) is 4. The normalized spacial score (nSPS) is 12.2. The second-order valence-corrected chi connectivity index (χ2v) is 8.66. The molecular weight excluding hydrogens is 480 g/mol. The van der Waals surface area contributed by atoms with Crippen molar-refractivity contribution in [1.82, 2.24) is 19.9 Å². The van der Waals surface area contributed by atoms with Crippen LogP contribution in [0.15, 0.2) is 45.9 Å². The van der Waals surface area contributed by atoms with Crippen molar-refractivity contribution in [3.8, 4) is 34.3 Å². The number of thioether (sulfide) groups is 1. The molecule has 1 aliphatic rings. The number of nitrogen functional groups attached to an aromatic ring is 1. The summed E-state index contributed by atoms with van der Waals surface area (Å²) in [7, 11) is 0. The van der Waals surface area contributed by atoms with Crippen LogP contribution in [0.1, 0.15) is 5.56 Å². The van der Waals surface area contributed by atoms with Gasteiger partial charge >= 0.3 is 0 Å². The molecule has 0 spiro atoms. The van der Waals surface area contributed by atoms with Crippen molar-refractivity contribution >= 4 is 40.8 Å². The first-order valence-corrected chi connectivity index (χ1v) is 11.7. The van der Waals surface area contributed by atoms with E-state index in [1.54, 1.807) is 24.3 Å². The van der Waals surface area contributed by atoms with Crippen molar-refractivity contribution in [2.45, 2.75) is 18.5 Å². The molecule has 1 amide bonds. The maximum Gasteiger partial charge on any atom is 0.264 e. The number of anilines is 2. The average Bonchev–Trinajstić information content (AvgIpc) is 3.55. The van der Waals surface area contributed by atoms with Crippen molar-refractivity contribution in [3.63, 3.8) is 0 Å². The number of ether oxygens (including phenoxy) is 2. The third-order valence-corrected chi connectivity index (χ3v) is 6.10. The molecule has 0 aliphatic carbocycles. The minimum absolute atomic E-state index is 0.103.